The zero-order valence-corrected chi connectivity index (χ0v) is 21.3. The van der Waals surface area contributed by atoms with Crippen molar-refractivity contribution in [3.05, 3.63) is 57.3 Å². The summed E-state index contributed by atoms with van der Waals surface area (Å²) < 4.78 is 40.5. The number of aliphatic hydroxyl groups is 1. The van der Waals surface area contributed by atoms with Crippen LogP contribution in [0, 0.1) is 0 Å². The number of aromatic amines is 1. The number of phenolic OH excluding ortho intramolecular Hbond substituents is 1. The van der Waals surface area contributed by atoms with Crippen LogP contribution in [0.2, 0.25) is 5.02 Å². The molecule has 2 heterocycles. The lowest BCUT2D eigenvalue weighted by atomic mass is 9.98. The third-order valence-electron chi connectivity index (χ3n) is 6.39. The average molecular weight is 555 g/mol. The summed E-state index contributed by atoms with van der Waals surface area (Å²) in [4.78, 5) is 30.5. The van der Waals surface area contributed by atoms with Gasteiger partial charge in [0.2, 0.25) is 0 Å². The molecule has 0 saturated carbocycles. The molecule has 3 aromatic rings. The van der Waals surface area contributed by atoms with Gasteiger partial charge < -0.3 is 20.1 Å². The summed E-state index contributed by atoms with van der Waals surface area (Å²) in [7, 11) is 0. The quantitative estimate of drug-likeness (QED) is 0.320. The van der Waals surface area contributed by atoms with Gasteiger partial charge in [0.05, 0.1) is 22.3 Å². The smallest absolute Gasteiger partial charge is 0.416 e. The second-order valence-electron chi connectivity index (χ2n) is 9.08. The highest BCUT2D eigenvalue weighted by atomic mass is 35.5. The first kappa shape index (κ1) is 27.5. The van der Waals surface area contributed by atoms with Crippen molar-refractivity contribution in [3.8, 4) is 16.9 Å². The number of alkyl halides is 3. The van der Waals surface area contributed by atoms with E-state index in [0.29, 0.717) is 19.3 Å². The van der Waals surface area contributed by atoms with Crippen LogP contribution in [0.5, 0.6) is 5.75 Å². The number of nitrogens with zero attached hydrogens (tertiary/aromatic N) is 1. The van der Waals surface area contributed by atoms with E-state index in [-0.39, 0.29) is 61.8 Å². The minimum Gasteiger partial charge on any atom is -0.507 e. The third kappa shape index (κ3) is 6.67. The second kappa shape index (κ2) is 11.5. The van der Waals surface area contributed by atoms with E-state index < -0.39 is 17.3 Å². The van der Waals surface area contributed by atoms with Gasteiger partial charge in [0, 0.05) is 46.6 Å². The summed E-state index contributed by atoms with van der Waals surface area (Å²) in [5, 5.41) is 20.5. The lowest BCUT2D eigenvalue weighted by Gasteiger charge is -2.29. The number of hydrogen-bond donors (Lipinski definition) is 3. The maximum Gasteiger partial charge on any atom is 0.416 e. The van der Waals surface area contributed by atoms with Gasteiger partial charge in [-0.3, -0.25) is 9.59 Å². The number of fused-ring (bicyclic) bond motifs is 1. The number of phenols is 1. The van der Waals surface area contributed by atoms with E-state index in [4.69, 9.17) is 11.6 Å². The number of aromatic hydroxyl groups is 1. The van der Waals surface area contributed by atoms with E-state index in [1.165, 1.54) is 24.3 Å². The summed E-state index contributed by atoms with van der Waals surface area (Å²) >= 11 is 7.05. The molecule has 11 heteroatoms. The van der Waals surface area contributed by atoms with E-state index in [1.54, 1.807) is 0 Å². The SMILES string of the molecule is O=C(CCCN1CCC(O)CC1)CSc1c(-c2cc(Cl)ccc2O)c2cc(C(F)(F)F)ccc2[nH]c1=O. The Morgan fingerprint density at radius 3 is 2.59 bits per heavy atom. The minimum atomic E-state index is -4.62. The monoisotopic (exact) mass is 554 g/mol. The molecule has 1 aromatic heterocycles. The van der Waals surface area contributed by atoms with Crippen molar-refractivity contribution < 1.29 is 28.2 Å². The number of nitrogens with one attached hydrogen (secondary N) is 1. The van der Waals surface area contributed by atoms with Gasteiger partial charge in [0.25, 0.3) is 5.56 Å². The number of hydrogen-bond acceptors (Lipinski definition) is 6. The largest absolute Gasteiger partial charge is 0.507 e. The zero-order chi connectivity index (χ0) is 26.7. The van der Waals surface area contributed by atoms with Crippen molar-refractivity contribution in [1.29, 1.82) is 0 Å². The molecule has 1 aliphatic rings. The predicted octanol–water partition coefficient (Wildman–Crippen LogP) is 5.47. The molecule has 0 unspecified atom stereocenters. The van der Waals surface area contributed by atoms with Crippen molar-refractivity contribution in [3.63, 3.8) is 0 Å². The number of benzene rings is 2. The number of aliphatic hydroxyl groups excluding tert-OH is 1. The lowest BCUT2D eigenvalue weighted by molar-refractivity contribution is -0.137. The minimum absolute atomic E-state index is 0.0303. The number of H-pyrrole nitrogens is 1. The second-order valence-corrected chi connectivity index (χ2v) is 10.5. The molecule has 3 N–H and O–H groups in total. The molecule has 1 aliphatic heterocycles. The Morgan fingerprint density at radius 2 is 1.89 bits per heavy atom. The molecule has 37 heavy (non-hydrogen) atoms. The van der Waals surface area contributed by atoms with Crippen LogP contribution in [0.25, 0.3) is 22.0 Å². The number of ketones is 1. The van der Waals surface area contributed by atoms with Gasteiger partial charge >= 0.3 is 6.18 Å². The number of Topliss-reactive ketones (excluding diaryl/α,β-unsaturated/α-hetero) is 1. The number of aromatic nitrogens is 1. The highest BCUT2D eigenvalue weighted by Gasteiger charge is 2.31. The molecular formula is C26H26ClF3N2O4S. The van der Waals surface area contributed by atoms with E-state index in [9.17, 15) is 33.0 Å². The first-order valence-electron chi connectivity index (χ1n) is 11.8. The topological polar surface area (TPSA) is 93.6 Å². The summed E-state index contributed by atoms with van der Waals surface area (Å²) in [6.45, 7) is 2.29. The summed E-state index contributed by atoms with van der Waals surface area (Å²) in [5.74, 6) is -0.416. The lowest BCUT2D eigenvalue weighted by Crippen LogP contribution is -2.36. The van der Waals surface area contributed by atoms with Gasteiger partial charge in [-0.1, -0.05) is 11.6 Å². The van der Waals surface area contributed by atoms with Crippen LogP contribution < -0.4 is 5.56 Å². The van der Waals surface area contributed by atoms with Crippen molar-refractivity contribution in [1.82, 2.24) is 9.88 Å². The summed E-state index contributed by atoms with van der Waals surface area (Å²) in [5.41, 5.74) is -1.13. The van der Waals surface area contributed by atoms with E-state index in [1.807, 2.05) is 0 Å². The van der Waals surface area contributed by atoms with Crippen molar-refractivity contribution in [2.75, 3.05) is 25.4 Å². The van der Waals surface area contributed by atoms with Crippen molar-refractivity contribution in [2.24, 2.45) is 0 Å². The number of carbonyl (C=O) groups excluding carboxylic acids is 1. The Kier molecular flexibility index (Phi) is 8.52. The Labute approximate surface area is 220 Å². The molecule has 1 fully saturated rings. The average Bonchev–Trinajstić information content (AvgIpc) is 2.84. The number of pyridine rings is 1. The fraction of sp³-hybridized carbons (Fsp3) is 0.385. The van der Waals surface area contributed by atoms with Crippen LogP contribution in [-0.2, 0) is 11.0 Å². The Bertz CT molecular complexity index is 1350. The number of likely N-dealkylation sites (tertiary alicyclic amines) is 1. The van der Waals surface area contributed by atoms with Gasteiger partial charge in [0.15, 0.2) is 0 Å². The zero-order valence-electron chi connectivity index (χ0n) is 19.8. The molecule has 0 radical (unpaired) electrons. The third-order valence-corrected chi connectivity index (χ3v) is 7.77. The van der Waals surface area contributed by atoms with E-state index in [2.05, 4.69) is 9.88 Å². The maximum absolute atomic E-state index is 13.5. The number of piperidine rings is 1. The van der Waals surface area contributed by atoms with Gasteiger partial charge in [-0.25, -0.2) is 0 Å². The fourth-order valence-electron chi connectivity index (χ4n) is 4.43. The predicted molar refractivity (Wildman–Crippen MR) is 138 cm³/mol. The first-order valence-corrected chi connectivity index (χ1v) is 13.2. The highest BCUT2D eigenvalue weighted by molar-refractivity contribution is 8.00. The van der Waals surface area contributed by atoms with Crippen LogP contribution in [0.1, 0.15) is 31.2 Å². The van der Waals surface area contributed by atoms with E-state index in [0.717, 1.165) is 43.5 Å². The molecule has 6 nitrogen and oxygen atoms in total. The van der Waals surface area contributed by atoms with Gasteiger partial charge in [0.1, 0.15) is 11.5 Å². The molecule has 0 amide bonds. The van der Waals surface area contributed by atoms with E-state index >= 15 is 0 Å². The Balaban J connectivity index is 1.62. The molecular weight excluding hydrogens is 529 g/mol. The summed E-state index contributed by atoms with van der Waals surface area (Å²) in [6.07, 6.45) is -2.55. The number of halogens is 4. The summed E-state index contributed by atoms with van der Waals surface area (Å²) in [6, 6.07) is 7.08. The Morgan fingerprint density at radius 1 is 1.16 bits per heavy atom. The maximum atomic E-state index is 13.5. The molecule has 0 bridgehead atoms. The van der Waals surface area contributed by atoms with Gasteiger partial charge in [-0.05, 0) is 62.2 Å². The van der Waals surface area contributed by atoms with Gasteiger partial charge in [-0.2, -0.15) is 13.2 Å². The molecule has 1 saturated heterocycles. The molecule has 0 aliphatic carbocycles. The van der Waals surface area contributed by atoms with Gasteiger partial charge in [-0.15, -0.1) is 11.8 Å². The first-order chi connectivity index (χ1) is 17.5. The van der Waals surface area contributed by atoms with Crippen LogP contribution in [0.4, 0.5) is 13.2 Å². The van der Waals surface area contributed by atoms with Crippen molar-refractivity contribution in [2.45, 2.75) is 42.9 Å². The molecule has 0 atom stereocenters. The van der Waals surface area contributed by atoms with Crippen LogP contribution in [0.3, 0.4) is 0 Å². The number of rotatable bonds is 8. The van der Waals surface area contributed by atoms with Crippen LogP contribution in [-0.4, -0.2) is 57.4 Å². The number of carbonyl (C=O) groups is 1. The van der Waals surface area contributed by atoms with Crippen molar-refractivity contribution >= 4 is 40.0 Å². The highest BCUT2D eigenvalue weighted by Crippen LogP contribution is 2.42. The Hall–Kier alpha value is -2.53. The molecule has 0 spiro atoms. The van der Waals surface area contributed by atoms with Crippen LogP contribution in [0.15, 0.2) is 46.1 Å². The standard InChI is InChI=1S/C26H26ClF3N2O4S/c27-16-4-6-22(35)20(13-16)23-19-12-15(26(28,29)30)3-5-21(19)31-25(36)24(23)37-14-18(34)2-1-9-32-10-7-17(33)8-11-32/h3-6,12-13,17,33,35H,1-2,7-11,14H2,(H,31,36). The van der Waals surface area contributed by atoms with Crippen LogP contribution >= 0.6 is 23.4 Å². The molecule has 4 rings (SSSR count). The number of thioether (sulfide) groups is 1. The molecule has 198 valence electrons. The normalized spacial score (nSPS) is 15.4. The fourth-order valence-corrected chi connectivity index (χ4v) is 5.60. The molecule has 2 aromatic carbocycles.